The SMILES string of the molecule is CCCNc1ncnc2c1ccn2[C@@H]1C[C@@]2(CO[C@@H](c3ccc4cc(Br)c(N)nc4c3)C2)[C@@H](O)[C@H]1O.CCCNc1ncnc2c1ccn2[C@@H]1C[C@@]2(CO[C@H](c3ccc4cc(Br)c(N)nc4c3)C2)[C@@H](O)[C@H]1O.Cc1ncnc2c1ccn2[C@@H]1C[C@@]2(CN[C@@H](c3ccc4cc(Br)c(N)nc4c3)C2)[C@@H](O)[C@H]1O. The first-order chi connectivity index (χ1) is 50.7. The summed E-state index contributed by atoms with van der Waals surface area (Å²) >= 11 is 10.3. The van der Waals surface area contributed by atoms with Crippen LogP contribution in [0.15, 0.2) is 142 Å². The molecule has 0 radical (unpaired) electrons. The monoisotopic (exact) mass is 1610 g/mol. The van der Waals surface area contributed by atoms with Gasteiger partial charge >= 0.3 is 0 Å². The van der Waals surface area contributed by atoms with Gasteiger partial charge in [-0.15, -0.1) is 0 Å². The Morgan fingerprint density at radius 1 is 0.476 bits per heavy atom. The van der Waals surface area contributed by atoms with E-state index in [4.69, 9.17) is 26.7 Å². The molecule has 29 heteroatoms. The minimum atomic E-state index is -0.930. The van der Waals surface area contributed by atoms with Gasteiger partial charge in [-0.1, -0.05) is 50.2 Å². The third-order valence-electron chi connectivity index (χ3n) is 23.0. The van der Waals surface area contributed by atoms with Gasteiger partial charge in [-0.25, -0.2) is 44.9 Å². The number of ether oxygens (including phenoxy) is 2. The lowest BCUT2D eigenvalue weighted by Gasteiger charge is -2.27. The maximum Gasteiger partial charge on any atom is 0.145 e. The molecular weight excluding hydrogens is 1530 g/mol. The molecule has 18 rings (SSSR count). The van der Waals surface area contributed by atoms with E-state index in [-0.39, 0.29) is 36.4 Å². The van der Waals surface area contributed by atoms with Gasteiger partial charge in [0.2, 0.25) is 0 Å². The number of pyridine rings is 3. The zero-order valence-corrected chi connectivity index (χ0v) is 62.7. The zero-order chi connectivity index (χ0) is 73.0. The Hall–Kier alpha value is -8.17. The van der Waals surface area contributed by atoms with E-state index < -0.39 is 52.9 Å². The van der Waals surface area contributed by atoms with Crippen LogP contribution in [-0.2, 0) is 9.47 Å². The Bertz CT molecular complexity index is 5090. The average Bonchev–Trinajstić information content (AvgIpc) is 1.59. The summed E-state index contributed by atoms with van der Waals surface area (Å²) in [4.78, 5) is 40.0. The molecule has 105 heavy (non-hydrogen) atoms. The number of nitrogens with zero attached hydrogens (tertiary/aromatic N) is 12. The quantitative estimate of drug-likeness (QED) is 0.0540. The molecule has 0 amide bonds. The summed E-state index contributed by atoms with van der Waals surface area (Å²) in [6.07, 6.45) is 10.4. The molecule has 0 bridgehead atoms. The zero-order valence-electron chi connectivity index (χ0n) is 58.0. The Morgan fingerprint density at radius 3 is 1.30 bits per heavy atom. The van der Waals surface area contributed by atoms with Crippen LogP contribution < -0.4 is 33.2 Å². The Morgan fingerprint density at radius 2 is 0.857 bits per heavy atom. The van der Waals surface area contributed by atoms with E-state index >= 15 is 0 Å². The number of halogens is 3. The summed E-state index contributed by atoms with van der Waals surface area (Å²) in [5.74, 6) is 2.91. The molecule has 15 N–H and O–H groups in total. The molecule has 546 valence electrons. The topological polar surface area (TPSA) is 385 Å². The van der Waals surface area contributed by atoms with E-state index in [9.17, 15) is 30.6 Å². The summed E-state index contributed by atoms with van der Waals surface area (Å²) < 4.78 is 20.7. The molecule has 12 aromatic rings. The highest BCUT2D eigenvalue weighted by Crippen LogP contribution is 2.58. The third kappa shape index (κ3) is 12.7. The van der Waals surface area contributed by atoms with Crippen LogP contribution in [0.1, 0.15) is 124 Å². The first-order valence-corrected chi connectivity index (χ1v) is 38.1. The molecule has 3 spiro atoms. The molecular formula is C76H83Br3N18O8. The molecule has 26 nitrogen and oxygen atoms in total. The van der Waals surface area contributed by atoms with E-state index in [2.05, 4.69) is 135 Å². The van der Waals surface area contributed by atoms with E-state index in [1.807, 2.05) is 118 Å². The van der Waals surface area contributed by atoms with Crippen molar-refractivity contribution in [2.45, 2.75) is 145 Å². The van der Waals surface area contributed by atoms with Crippen LogP contribution in [0.2, 0.25) is 0 Å². The lowest BCUT2D eigenvalue weighted by Crippen LogP contribution is -2.38. The van der Waals surface area contributed by atoms with Crippen LogP contribution in [0, 0.1) is 23.2 Å². The molecule has 6 fully saturated rings. The minimum absolute atomic E-state index is 0.0626. The maximum atomic E-state index is 11.2. The van der Waals surface area contributed by atoms with Gasteiger partial charge in [0.25, 0.3) is 0 Å². The lowest BCUT2D eigenvalue weighted by atomic mass is 9.80. The van der Waals surface area contributed by atoms with Crippen LogP contribution in [0.25, 0.3) is 65.8 Å². The fraction of sp³-hybridized carbons (Fsp3) is 0.408. The van der Waals surface area contributed by atoms with Crippen LogP contribution in [-0.4, -0.2) is 159 Å². The van der Waals surface area contributed by atoms with E-state index in [0.29, 0.717) is 69.3 Å². The molecule has 6 aliphatic rings. The lowest BCUT2D eigenvalue weighted by molar-refractivity contribution is -0.0309. The molecule has 3 aliphatic heterocycles. The van der Waals surface area contributed by atoms with Crippen LogP contribution >= 0.6 is 47.8 Å². The van der Waals surface area contributed by atoms with Gasteiger partial charge in [0.15, 0.2) is 0 Å². The summed E-state index contributed by atoms with van der Waals surface area (Å²) in [6.45, 7) is 9.17. The van der Waals surface area contributed by atoms with Crippen LogP contribution in [0.5, 0.6) is 0 Å². The van der Waals surface area contributed by atoms with Gasteiger partial charge in [-0.05, 0) is 177 Å². The van der Waals surface area contributed by atoms with Gasteiger partial charge < -0.3 is 87.0 Å². The third-order valence-corrected chi connectivity index (χ3v) is 24.9. The summed E-state index contributed by atoms with van der Waals surface area (Å²) in [5, 5.41) is 83.1. The average molecular weight is 1620 g/mol. The molecule has 3 saturated heterocycles. The van der Waals surface area contributed by atoms with Crippen molar-refractivity contribution in [3.05, 3.63) is 164 Å². The van der Waals surface area contributed by atoms with Crippen LogP contribution in [0.3, 0.4) is 0 Å². The summed E-state index contributed by atoms with van der Waals surface area (Å²) in [7, 11) is 0. The smallest absolute Gasteiger partial charge is 0.145 e. The fourth-order valence-electron chi connectivity index (χ4n) is 17.4. The van der Waals surface area contributed by atoms with Crippen molar-refractivity contribution in [3.63, 3.8) is 0 Å². The highest BCUT2D eigenvalue weighted by Gasteiger charge is 2.60. The van der Waals surface area contributed by atoms with Crippen molar-refractivity contribution < 1.29 is 40.1 Å². The fourth-order valence-corrected chi connectivity index (χ4v) is 18.4. The van der Waals surface area contributed by atoms with Crippen LogP contribution in [0.4, 0.5) is 29.1 Å². The Kier molecular flexibility index (Phi) is 19.1. The van der Waals surface area contributed by atoms with Crippen molar-refractivity contribution in [1.82, 2.24) is 63.9 Å². The van der Waals surface area contributed by atoms with Gasteiger partial charge in [-0.2, -0.15) is 0 Å². The second-order valence-electron chi connectivity index (χ2n) is 29.4. The molecule has 3 aliphatic carbocycles. The first-order valence-electron chi connectivity index (χ1n) is 35.7. The number of nitrogens with two attached hydrogens (primary N) is 3. The molecule has 3 aromatic carbocycles. The predicted molar refractivity (Wildman–Crippen MR) is 413 cm³/mol. The largest absolute Gasteiger partial charge is 0.390 e. The first kappa shape index (κ1) is 71.1. The highest BCUT2D eigenvalue weighted by atomic mass is 79.9. The number of nitrogen functional groups attached to an aromatic ring is 3. The number of anilines is 5. The number of hydrogen-bond donors (Lipinski definition) is 12. The number of aryl methyl sites for hydroxylation is 1. The van der Waals surface area contributed by atoms with E-state index in [0.717, 1.165) is 146 Å². The van der Waals surface area contributed by atoms with Crippen molar-refractivity contribution >= 4 is 143 Å². The molecule has 3 saturated carbocycles. The molecule has 0 unspecified atom stereocenters. The van der Waals surface area contributed by atoms with E-state index in [1.165, 1.54) is 12.7 Å². The number of aromatic nitrogens is 12. The number of rotatable bonds is 12. The highest BCUT2D eigenvalue weighted by molar-refractivity contribution is 9.11. The minimum Gasteiger partial charge on any atom is -0.390 e. The molecule has 12 heterocycles. The number of hydrogen-bond acceptors (Lipinski definition) is 23. The van der Waals surface area contributed by atoms with Crippen molar-refractivity contribution in [2.75, 3.05) is 60.7 Å². The Labute approximate surface area is 629 Å². The second kappa shape index (κ2) is 28.2. The standard InChI is InChI=1S/2C26H29BrN6O3.C24H25BrN6O2/c2*1-2-6-29-24-16-5-7-33(25(16)31-13-30-24)19-10-26(22(35)21(19)34)11-20(36-12-26)15-4-3-14-8-17(27)23(28)32-18(14)9-15;1-12-15-4-5-31(23(15)29-11-28-12)19-9-24(21(33)20(19)32)8-18(27-10-24)14-3-2-13-6-16(25)22(26)30-17(13)7-14/h2*3-5,7-9,13,19-22,34-35H,2,6,10-12H2,1H3,(H2,28,32)(H,29,30,31);2-7,11,18-21,27,32-33H,8-10H2,1H3,(H2,26,30)/t19-,20+,21+,22+,26-;19-,20-,21+,22+,26-;18-,19-,20+,21+,24+/m111/s1. The summed E-state index contributed by atoms with van der Waals surface area (Å²) in [5.41, 5.74) is 25.1. The van der Waals surface area contributed by atoms with Gasteiger partial charge in [0, 0.05) is 82.1 Å². The second-order valence-corrected chi connectivity index (χ2v) is 32.0. The predicted octanol–water partition coefficient (Wildman–Crippen LogP) is 10.9. The van der Waals surface area contributed by atoms with E-state index in [1.54, 1.807) is 6.33 Å². The normalized spacial score (nSPS) is 28.5. The molecule has 9 aromatic heterocycles. The van der Waals surface area contributed by atoms with Gasteiger partial charge in [0.05, 0.1) is 108 Å². The number of nitrogens with one attached hydrogen (secondary N) is 3. The van der Waals surface area contributed by atoms with Crippen molar-refractivity contribution in [3.8, 4) is 0 Å². The Balaban J connectivity index is 0.000000121. The molecule has 15 atom stereocenters. The summed E-state index contributed by atoms with van der Waals surface area (Å²) in [6, 6.07) is 29.3. The van der Waals surface area contributed by atoms with Gasteiger partial charge in [-0.3, -0.25) is 0 Å². The number of fused-ring (bicyclic) bond motifs is 6. The number of aliphatic hydroxyl groups excluding tert-OH is 6. The van der Waals surface area contributed by atoms with Crippen molar-refractivity contribution in [2.24, 2.45) is 16.2 Å². The maximum absolute atomic E-state index is 11.2. The number of benzene rings is 3. The van der Waals surface area contributed by atoms with Gasteiger partial charge in [0.1, 0.15) is 83.3 Å². The number of aliphatic hydroxyl groups is 6. The van der Waals surface area contributed by atoms with Crippen molar-refractivity contribution in [1.29, 1.82) is 0 Å².